The van der Waals surface area contributed by atoms with E-state index in [0.29, 0.717) is 5.69 Å². The molecule has 18 atom stereocenters. The highest BCUT2D eigenvalue weighted by atomic mass is 35.5. The van der Waals surface area contributed by atoms with Crippen LogP contribution in [0.1, 0.15) is 105 Å². The number of benzene rings is 6. The molecule has 0 saturated carbocycles. The third kappa shape index (κ3) is 18.3. The molecule has 11 bridgehead atoms. The Labute approximate surface area is 635 Å². The first-order chi connectivity index (χ1) is 52.1. The zero-order valence-electron chi connectivity index (χ0n) is 59.1. The number of nitrogens with two attached hydrogens (primary N) is 2. The minimum absolute atomic E-state index is 0.0975. The minimum atomic E-state index is -2.35. The van der Waals surface area contributed by atoms with Crippen LogP contribution in [-0.4, -0.2) is 197 Å². The maximum absolute atomic E-state index is 16.0. The van der Waals surface area contributed by atoms with Gasteiger partial charge in [0.1, 0.15) is 89.5 Å². The number of likely N-dealkylation sites (N-methyl/N-ethyl adjacent to an activating group) is 1. The molecule has 35 nitrogen and oxygen atoms in total. The van der Waals surface area contributed by atoms with Gasteiger partial charge in [-0.1, -0.05) is 73.4 Å². The maximum Gasteiger partial charge on any atom is 0.330 e. The summed E-state index contributed by atoms with van der Waals surface area (Å²) < 4.78 is 38.3. The van der Waals surface area contributed by atoms with Crippen LogP contribution >= 0.6 is 23.2 Å². The number of nitrogens with one attached hydrogen (secondary N) is 7. The first kappa shape index (κ1) is 81.9. The Kier molecular flexibility index (Phi) is 25.7. The molecule has 0 radical (unpaired) electrons. The molecule has 6 aromatic rings. The molecule has 18 unspecified atom stereocenters. The van der Waals surface area contributed by atoms with Gasteiger partial charge in [0.05, 0.1) is 47.0 Å². The summed E-state index contributed by atoms with van der Waals surface area (Å²) in [6.07, 6.45) is -17.1. The van der Waals surface area contributed by atoms with Crippen molar-refractivity contribution in [1.82, 2.24) is 37.2 Å². The van der Waals surface area contributed by atoms with Gasteiger partial charge in [0.15, 0.2) is 29.9 Å². The number of carbonyl (C=O) groups excluding carboxylic acids is 8. The van der Waals surface area contributed by atoms with E-state index in [2.05, 4.69) is 42.2 Å². The number of primary amides is 1. The zero-order valence-corrected chi connectivity index (χ0v) is 60.6. The molecule has 0 spiro atoms. The number of phenolic OH excluding ortho intramolecular Hbond substituents is 3. The van der Waals surface area contributed by atoms with Gasteiger partial charge in [-0.3, -0.25) is 33.6 Å². The van der Waals surface area contributed by atoms with Gasteiger partial charge in [0.25, 0.3) is 0 Å². The summed E-state index contributed by atoms with van der Waals surface area (Å²) in [7, 11) is 1.47. The van der Waals surface area contributed by atoms with E-state index in [0.717, 1.165) is 66.7 Å². The fourth-order valence-electron chi connectivity index (χ4n) is 13.0. The van der Waals surface area contributed by atoms with Crippen molar-refractivity contribution in [2.45, 2.75) is 156 Å². The van der Waals surface area contributed by atoms with Crippen molar-refractivity contribution in [1.29, 1.82) is 0 Å². The van der Waals surface area contributed by atoms with Crippen molar-refractivity contribution in [3.05, 3.63) is 147 Å². The van der Waals surface area contributed by atoms with Gasteiger partial charge in [-0.15, -0.1) is 0 Å². The number of aliphatic hydroxyl groups excluding tert-OH is 6. The lowest BCUT2D eigenvalue weighted by Gasteiger charge is -2.47. The highest BCUT2D eigenvalue weighted by Gasteiger charge is 2.52. The Balaban J connectivity index is 0.00000133. The Morgan fingerprint density at radius 1 is 0.718 bits per heavy atom. The summed E-state index contributed by atoms with van der Waals surface area (Å²) in [4.78, 5) is 130. The Bertz CT molecular complexity index is 4550. The average molecular weight is 1570 g/mol. The number of carbonyl (C=O) groups is 8. The number of aliphatic hydroxyl groups is 6. The van der Waals surface area contributed by atoms with Crippen LogP contribution in [0.2, 0.25) is 10.0 Å². The molecule has 6 aromatic carbocycles. The van der Waals surface area contributed by atoms with E-state index in [1.807, 2.05) is 32.0 Å². The summed E-state index contributed by atoms with van der Waals surface area (Å²) in [5.41, 5.74) is 8.65. The normalized spacial score (nSPS) is 27.7. The standard InChI is InChI=1S/C66H75Cl2N9O24.C7H5NO/c1-23(2)12-34(71-5)58(88)76-49-51(83)26-7-10-38(32(67)14-26)97-40-16-28-17-41(55(40)101-65-56(54(86)53(85)42(22-78)99-65)100-44-21-66(4,70)57(87)24(3)96-44)98-39-11-8-27(15-33(39)68)52(84)50-63(93)75-48(64(94)95)31-18-29(79)19-37(81)45(31)30-13-25(6-9-36(30)80)46(60(90)77-50)74-61(91)47(28)73-59(89)35(20-43(69)82)72-62(49)92;9-6-8-7-4-2-1-3-5-7/h6-11,13-19,23-24,34-35,42,44,46-54,56-57,65,71,78-81,83-87H,12,20-22,70H2,1-5H3,(H2,69,82)(H,72,92)(H,73,89)(H,74,91)(H,75,93)(H,76,88)(H,77,90)(H,94,95);1-5H. The van der Waals surface area contributed by atoms with E-state index in [1.165, 1.54) is 39.1 Å². The second-order valence-corrected chi connectivity index (χ2v) is 28.1. The highest BCUT2D eigenvalue weighted by molar-refractivity contribution is 6.32. The SMILES string of the molecule is CNC(CC(C)C)C(=O)NC1C(=O)NC(CC(N)=O)C(=O)NC2C(=O)NC3C(=O)NC(C(=O)NC(C(=O)O)c4cc(O)cc(O)c4-c4cc3ccc4O)C(O)c3ccc(c(Cl)c3)Oc3cc2cc(c3OC2OC(CO)C(O)C(O)C2OC2CC(C)(N)C(O)C(C)O2)Oc2ccc(cc2Cl)C1O.O=C=Nc1ccccc1. The number of aromatic hydroxyl groups is 3. The number of aliphatic carboxylic acids is 1. The van der Waals surface area contributed by atoms with Crippen LogP contribution in [0.4, 0.5) is 5.69 Å². The first-order valence-corrected chi connectivity index (χ1v) is 34.9. The molecule has 2 fully saturated rings. The predicted molar refractivity (Wildman–Crippen MR) is 384 cm³/mol. The number of isocyanates is 1. The van der Waals surface area contributed by atoms with Crippen molar-refractivity contribution in [3.63, 3.8) is 0 Å². The van der Waals surface area contributed by atoms with Crippen molar-refractivity contribution in [2.24, 2.45) is 22.4 Å². The molecule has 586 valence electrons. The highest BCUT2D eigenvalue weighted by Crippen LogP contribution is 2.50. The van der Waals surface area contributed by atoms with Crippen molar-refractivity contribution >= 4 is 82.3 Å². The summed E-state index contributed by atoms with van der Waals surface area (Å²) in [6.45, 7) is 5.66. The fraction of sp³-hybridized carbons (Fsp3) is 0.384. The summed E-state index contributed by atoms with van der Waals surface area (Å²) in [5, 5.41) is 131. The first-order valence-electron chi connectivity index (χ1n) is 34.2. The fourth-order valence-corrected chi connectivity index (χ4v) is 13.5. The van der Waals surface area contributed by atoms with Crippen LogP contribution in [0.15, 0.2) is 114 Å². The monoisotopic (exact) mass is 1570 g/mol. The number of nitrogens with zero attached hydrogens (tertiary/aromatic N) is 1. The second kappa shape index (κ2) is 34.5. The van der Waals surface area contributed by atoms with Crippen LogP contribution in [0.3, 0.4) is 0 Å². The average Bonchev–Trinajstić information content (AvgIpc) is 0.766. The van der Waals surface area contributed by atoms with E-state index in [4.69, 9.17) is 63.1 Å². The van der Waals surface area contributed by atoms with Gasteiger partial charge in [0.2, 0.25) is 59.5 Å². The van der Waals surface area contributed by atoms with Crippen LogP contribution < -0.4 is 62.9 Å². The van der Waals surface area contributed by atoms with Crippen molar-refractivity contribution in [2.75, 3.05) is 13.7 Å². The molecular weight excluding hydrogens is 1490 g/mol. The molecular formula is C73H80Cl2N10O25. The van der Waals surface area contributed by atoms with E-state index in [1.54, 1.807) is 12.1 Å². The zero-order chi connectivity index (χ0) is 80.1. The number of amides is 7. The number of hydrogen-bond acceptors (Lipinski definition) is 27. The molecule has 7 aliphatic rings. The molecule has 13 rings (SSSR count). The molecule has 2 saturated heterocycles. The van der Waals surface area contributed by atoms with E-state index < -0.39 is 237 Å². The number of halogens is 2. The molecule has 21 N–H and O–H groups in total. The molecule has 0 aromatic heterocycles. The number of fused-ring (bicyclic) bond motifs is 15. The maximum atomic E-state index is 16.0. The molecule has 7 aliphatic heterocycles. The largest absolute Gasteiger partial charge is 0.508 e. The van der Waals surface area contributed by atoms with Crippen LogP contribution in [0.5, 0.6) is 46.0 Å². The Hall–Kier alpha value is -10.6. The van der Waals surface area contributed by atoms with Crippen LogP contribution in [0.25, 0.3) is 11.1 Å². The predicted octanol–water partition coefficient (Wildman–Crippen LogP) is 1.76. The van der Waals surface area contributed by atoms with E-state index in [-0.39, 0.29) is 46.2 Å². The number of carboxylic acids is 1. The lowest BCUT2D eigenvalue weighted by atomic mass is 9.86. The Morgan fingerprint density at radius 2 is 1.33 bits per heavy atom. The number of phenols is 3. The topological polar surface area (TPSA) is 560 Å². The molecule has 0 aliphatic carbocycles. The number of aliphatic imine (C=N–C) groups is 1. The van der Waals surface area contributed by atoms with Gasteiger partial charge in [-0.25, -0.2) is 9.59 Å². The quantitative estimate of drug-likeness (QED) is 0.0546. The minimum Gasteiger partial charge on any atom is -0.508 e. The summed E-state index contributed by atoms with van der Waals surface area (Å²) in [5.74, 6) is -16.0. The van der Waals surface area contributed by atoms with Crippen molar-refractivity contribution in [3.8, 4) is 57.1 Å². The number of hydrogen-bond donors (Lipinski definition) is 19. The second-order valence-electron chi connectivity index (χ2n) is 27.3. The molecule has 37 heteroatoms. The number of carboxylic acid groups (broad SMARTS) is 1. The lowest BCUT2D eigenvalue weighted by Crippen LogP contribution is -2.64. The lowest BCUT2D eigenvalue weighted by molar-refractivity contribution is -0.333. The summed E-state index contributed by atoms with van der Waals surface area (Å²) in [6, 6.07) is 8.30. The van der Waals surface area contributed by atoms with Gasteiger partial charge in [-0.2, -0.15) is 4.99 Å². The third-order valence-electron chi connectivity index (χ3n) is 18.7. The van der Waals surface area contributed by atoms with E-state index in [9.17, 15) is 79.8 Å². The van der Waals surface area contributed by atoms with Crippen molar-refractivity contribution < 1.29 is 123 Å². The van der Waals surface area contributed by atoms with E-state index >= 15 is 14.4 Å². The van der Waals surface area contributed by atoms with Crippen LogP contribution in [-0.2, 0) is 57.4 Å². The number of rotatable bonds is 14. The van der Waals surface area contributed by atoms with Gasteiger partial charge in [0, 0.05) is 34.7 Å². The van der Waals surface area contributed by atoms with Gasteiger partial charge >= 0.3 is 5.97 Å². The molecule has 7 heterocycles. The van der Waals surface area contributed by atoms with Crippen LogP contribution in [0, 0.1) is 5.92 Å². The van der Waals surface area contributed by atoms with Gasteiger partial charge in [-0.05, 0) is 122 Å². The smallest absolute Gasteiger partial charge is 0.330 e. The van der Waals surface area contributed by atoms with Gasteiger partial charge < -0.3 is 128 Å². The molecule has 7 amide bonds. The number of para-hydroxylation sites is 1. The summed E-state index contributed by atoms with van der Waals surface area (Å²) >= 11 is 14.1. The Morgan fingerprint density at radius 3 is 1.91 bits per heavy atom. The third-order valence-corrected chi connectivity index (χ3v) is 19.3. The molecule has 110 heavy (non-hydrogen) atoms. The number of ether oxygens (including phenoxy) is 6.